The molecule has 0 aliphatic rings. The molecule has 0 aliphatic carbocycles. The lowest BCUT2D eigenvalue weighted by Crippen LogP contribution is -2.45. The van der Waals surface area contributed by atoms with Crippen molar-refractivity contribution < 1.29 is 24.5 Å². The van der Waals surface area contributed by atoms with Crippen LogP contribution in [0.1, 0.15) is 495 Å². The average molecular weight is 1340 g/mol. The summed E-state index contributed by atoms with van der Waals surface area (Å²) >= 11 is 0. The summed E-state index contributed by atoms with van der Waals surface area (Å²) in [5, 5.41) is 23.5. The van der Waals surface area contributed by atoms with E-state index in [-0.39, 0.29) is 18.5 Å². The molecule has 2 atom stereocenters. The number of esters is 1. The van der Waals surface area contributed by atoms with Crippen molar-refractivity contribution in [1.29, 1.82) is 0 Å². The zero-order chi connectivity index (χ0) is 68.4. The van der Waals surface area contributed by atoms with Crippen LogP contribution >= 0.6 is 0 Å². The fourth-order valence-corrected chi connectivity index (χ4v) is 14.0. The van der Waals surface area contributed by atoms with E-state index >= 15 is 0 Å². The summed E-state index contributed by atoms with van der Waals surface area (Å²) in [6.07, 6.45) is 111. The van der Waals surface area contributed by atoms with Crippen molar-refractivity contribution in [2.45, 2.75) is 508 Å². The molecule has 0 fully saturated rings. The van der Waals surface area contributed by atoms with Gasteiger partial charge in [0, 0.05) is 12.8 Å². The molecule has 0 radical (unpaired) electrons. The summed E-state index contributed by atoms with van der Waals surface area (Å²) in [4.78, 5) is 24.7. The highest BCUT2D eigenvalue weighted by molar-refractivity contribution is 5.76. The Kier molecular flexibility index (Phi) is 82.8. The molecule has 3 N–H and O–H groups in total. The van der Waals surface area contributed by atoms with Crippen molar-refractivity contribution in [1.82, 2.24) is 5.32 Å². The third-order valence-corrected chi connectivity index (χ3v) is 20.7. The maximum Gasteiger partial charge on any atom is 0.305 e. The van der Waals surface area contributed by atoms with Crippen LogP contribution in [0.4, 0.5) is 0 Å². The summed E-state index contributed by atoms with van der Waals surface area (Å²) in [6.45, 7) is 4.98. The summed E-state index contributed by atoms with van der Waals surface area (Å²) < 4.78 is 5.51. The van der Waals surface area contributed by atoms with Crippen LogP contribution in [0, 0.1) is 0 Å². The molecule has 0 rings (SSSR count). The summed E-state index contributed by atoms with van der Waals surface area (Å²) in [5.74, 6) is -0.00928. The van der Waals surface area contributed by atoms with Crippen molar-refractivity contribution in [3.63, 3.8) is 0 Å². The van der Waals surface area contributed by atoms with Gasteiger partial charge < -0.3 is 20.3 Å². The van der Waals surface area contributed by atoms with Gasteiger partial charge in [0.2, 0.25) is 5.91 Å². The number of allylic oxidation sites excluding steroid dienone is 6. The lowest BCUT2D eigenvalue weighted by atomic mass is 10.0. The maximum atomic E-state index is 12.6. The smallest absolute Gasteiger partial charge is 0.305 e. The number of amides is 1. The largest absolute Gasteiger partial charge is 0.466 e. The molecule has 0 heterocycles. The molecule has 0 bridgehead atoms. The van der Waals surface area contributed by atoms with E-state index in [9.17, 15) is 19.8 Å². The Morgan fingerprint density at radius 3 is 0.832 bits per heavy atom. The van der Waals surface area contributed by atoms with Crippen LogP contribution in [-0.4, -0.2) is 47.4 Å². The van der Waals surface area contributed by atoms with Crippen molar-refractivity contribution in [2.75, 3.05) is 13.2 Å². The van der Waals surface area contributed by atoms with Crippen LogP contribution in [0.5, 0.6) is 0 Å². The van der Waals surface area contributed by atoms with Gasteiger partial charge in [0.1, 0.15) is 0 Å². The SMILES string of the molecule is CCCCC/C=C\C/C=C\CCCCCCCCCC(=O)OCCCCCCCCCCCCCCCCCCCC/C=C\CCCCCCCCCCCCCCCCCCCC(=O)NC(CO)C(O)CCCCCCCCCCCCCCCCCCCCCCCC. The molecule has 6 nitrogen and oxygen atoms in total. The number of carbonyl (C=O) groups is 2. The second kappa shape index (κ2) is 84.5. The number of aliphatic hydroxyl groups is 2. The zero-order valence-corrected chi connectivity index (χ0v) is 64.7. The number of unbranched alkanes of at least 4 members (excludes halogenated alkanes) is 66. The van der Waals surface area contributed by atoms with Crippen LogP contribution in [0.2, 0.25) is 0 Å². The lowest BCUT2D eigenvalue weighted by molar-refractivity contribution is -0.143. The Morgan fingerprint density at radius 2 is 0.526 bits per heavy atom. The van der Waals surface area contributed by atoms with Crippen LogP contribution in [0.15, 0.2) is 36.5 Å². The van der Waals surface area contributed by atoms with E-state index in [1.807, 2.05) is 0 Å². The average Bonchev–Trinajstić information content (AvgIpc) is 3.51. The fourth-order valence-electron chi connectivity index (χ4n) is 14.0. The van der Waals surface area contributed by atoms with Crippen molar-refractivity contribution in [3.8, 4) is 0 Å². The third kappa shape index (κ3) is 80.9. The Hall–Kier alpha value is -1.92. The summed E-state index contributed by atoms with van der Waals surface area (Å²) in [6, 6.07) is -0.539. The molecule has 0 aromatic rings. The normalized spacial score (nSPS) is 12.6. The highest BCUT2D eigenvalue weighted by atomic mass is 16.5. The van der Waals surface area contributed by atoms with Gasteiger partial charge in [0.25, 0.3) is 0 Å². The molecule has 1 amide bonds. The minimum Gasteiger partial charge on any atom is -0.466 e. The minimum atomic E-state index is -0.663. The number of hydrogen-bond donors (Lipinski definition) is 3. The number of hydrogen-bond acceptors (Lipinski definition) is 5. The first-order valence-corrected chi connectivity index (χ1v) is 43.7. The highest BCUT2D eigenvalue weighted by Crippen LogP contribution is 2.21. The third-order valence-electron chi connectivity index (χ3n) is 20.7. The van der Waals surface area contributed by atoms with Gasteiger partial charge in [-0.25, -0.2) is 0 Å². The maximum absolute atomic E-state index is 12.6. The topological polar surface area (TPSA) is 95.9 Å². The van der Waals surface area contributed by atoms with E-state index in [0.717, 1.165) is 51.4 Å². The van der Waals surface area contributed by atoms with Crippen molar-refractivity contribution >= 4 is 11.9 Å². The molecular formula is C89H171NO5. The van der Waals surface area contributed by atoms with Gasteiger partial charge in [0.15, 0.2) is 0 Å². The number of carbonyl (C=O) groups excluding carboxylic acids is 2. The molecule has 2 unspecified atom stereocenters. The van der Waals surface area contributed by atoms with Crippen molar-refractivity contribution in [3.05, 3.63) is 36.5 Å². The van der Waals surface area contributed by atoms with Crippen LogP contribution in [0.3, 0.4) is 0 Å². The number of nitrogens with one attached hydrogen (secondary N) is 1. The molecule has 0 spiro atoms. The Labute approximate surface area is 595 Å². The molecule has 0 aromatic heterocycles. The Morgan fingerprint density at radius 1 is 0.295 bits per heavy atom. The number of ether oxygens (including phenoxy) is 1. The van der Waals surface area contributed by atoms with Gasteiger partial charge in [-0.3, -0.25) is 9.59 Å². The molecular weight excluding hydrogens is 1160 g/mol. The second-order valence-corrected chi connectivity index (χ2v) is 30.2. The highest BCUT2D eigenvalue weighted by Gasteiger charge is 2.20. The van der Waals surface area contributed by atoms with E-state index in [1.165, 1.54) is 411 Å². The summed E-state index contributed by atoms with van der Waals surface area (Å²) in [5.41, 5.74) is 0. The Bertz CT molecular complexity index is 1540. The number of rotatable bonds is 83. The first-order chi connectivity index (χ1) is 47.0. The van der Waals surface area contributed by atoms with Gasteiger partial charge in [-0.05, 0) is 83.5 Å². The summed E-state index contributed by atoms with van der Waals surface area (Å²) in [7, 11) is 0. The first kappa shape index (κ1) is 93.1. The molecule has 0 aliphatic heterocycles. The Balaban J connectivity index is 3.33. The fraction of sp³-hybridized carbons (Fsp3) is 0.910. The van der Waals surface area contributed by atoms with Gasteiger partial charge in [-0.15, -0.1) is 0 Å². The van der Waals surface area contributed by atoms with E-state index in [1.54, 1.807) is 0 Å². The lowest BCUT2D eigenvalue weighted by Gasteiger charge is -2.22. The van der Waals surface area contributed by atoms with Crippen LogP contribution in [-0.2, 0) is 14.3 Å². The second-order valence-electron chi connectivity index (χ2n) is 30.2. The van der Waals surface area contributed by atoms with Gasteiger partial charge >= 0.3 is 5.97 Å². The van der Waals surface area contributed by atoms with Crippen LogP contribution in [0.25, 0.3) is 0 Å². The molecule has 6 heteroatoms. The van der Waals surface area contributed by atoms with Crippen molar-refractivity contribution in [2.24, 2.45) is 0 Å². The predicted molar refractivity (Wildman–Crippen MR) is 421 cm³/mol. The zero-order valence-electron chi connectivity index (χ0n) is 64.7. The molecule has 95 heavy (non-hydrogen) atoms. The van der Waals surface area contributed by atoms with Gasteiger partial charge in [0.05, 0.1) is 25.4 Å². The van der Waals surface area contributed by atoms with E-state index in [0.29, 0.717) is 25.9 Å². The molecule has 0 saturated carbocycles. The first-order valence-electron chi connectivity index (χ1n) is 43.7. The molecule has 0 aromatic carbocycles. The molecule has 0 saturated heterocycles. The van der Waals surface area contributed by atoms with E-state index in [4.69, 9.17) is 4.74 Å². The minimum absolute atomic E-state index is 0.0156. The standard InChI is InChI=1S/C89H171NO5/c1-3-5-7-9-11-13-15-17-19-21-22-23-43-46-50-53-57-61-65-69-73-77-81-87(92)86(85-91)90-88(93)82-78-74-70-66-62-58-54-51-47-44-41-39-37-35-33-31-29-27-25-24-26-28-30-32-34-36-38-40-42-45-48-52-56-60-64-68-72-76-80-84-95-89(94)83-79-75-71-67-63-59-55-49-20-18-16-14-12-10-8-6-4-2/h12,14,18,20,24-25,86-87,91-92H,3-11,13,15-17,19,21-23,26-85H2,1-2H3,(H,90,93)/b14-12-,20-18-,25-24-. The quantitative estimate of drug-likeness (QED) is 0.0320. The van der Waals surface area contributed by atoms with Crippen LogP contribution < -0.4 is 5.32 Å². The van der Waals surface area contributed by atoms with E-state index in [2.05, 4.69) is 55.6 Å². The van der Waals surface area contributed by atoms with E-state index < -0.39 is 12.1 Å². The van der Waals surface area contributed by atoms with Gasteiger partial charge in [-0.2, -0.15) is 0 Å². The van der Waals surface area contributed by atoms with Gasteiger partial charge in [-0.1, -0.05) is 436 Å². The predicted octanol–water partition coefficient (Wildman–Crippen LogP) is 29.3. The molecule has 562 valence electrons. The number of aliphatic hydroxyl groups excluding tert-OH is 2. The monoisotopic (exact) mass is 1330 g/mol.